The van der Waals surface area contributed by atoms with Crippen LogP contribution in [0.5, 0.6) is 0 Å². The van der Waals surface area contributed by atoms with Gasteiger partial charge in [0.05, 0.1) is 0 Å². The zero-order chi connectivity index (χ0) is 11.4. The van der Waals surface area contributed by atoms with E-state index in [4.69, 9.17) is 0 Å². The van der Waals surface area contributed by atoms with E-state index in [0.29, 0.717) is 10.8 Å². The molecule has 2 unspecified atom stereocenters. The summed E-state index contributed by atoms with van der Waals surface area (Å²) >= 11 is 0. The normalized spacial score (nSPS) is 35.8. The van der Waals surface area contributed by atoms with Gasteiger partial charge >= 0.3 is 0 Å². The lowest BCUT2D eigenvalue weighted by atomic mass is 9.60. The van der Waals surface area contributed by atoms with Crippen molar-refractivity contribution in [1.82, 2.24) is 0 Å². The summed E-state index contributed by atoms with van der Waals surface area (Å²) < 4.78 is 0. The minimum Gasteiger partial charge on any atom is -0.0683 e. The van der Waals surface area contributed by atoms with Crippen LogP contribution in [0.25, 0.3) is 0 Å². The van der Waals surface area contributed by atoms with Crippen molar-refractivity contribution in [3.63, 3.8) is 0 Å². The summed E-state index contributed by atoms with van der Waals surface area (Å²) in [6, 6.07) is 0. The maximum absolute atomic E-state index is 2.46. The van der Waals surface area contributed by atoms with Gasteiger partial charge in [-0.3, -0.25) is 0 Å². The van der Waals surface area contributed by atoms with Crippen LogP contribution in [0, 0.1) is 16.7 Å². The molecule has 0 radical (unpaired) electrons. The zero-order valence-electron chi connectivity index (χ0n) is 11.4. The molecule has 0 saturated heterocycles. The third-order valence-electron chi connectivity index (χ3n) is 3.50. The lowest BCUT2D eigenvalue weighted by Crippen LogP contribution is -2.34. The van der Waals surface area contributed by atoms with E-state index in [1.807, 2.05) is 13.8 Å². The number of hydrogen-bond acceptors (Lipinski definition) is 0. The van der Waals surface area contributed by atoms with Gasteiger partial charge in [-0.15, -0.1) is 0 Å². The average Bonchev–Trinajstić information content (AvgIpc) is 2.04. The van der Waals surface area contributed by atoms with Gasteiger partial charge in [0.2, 0.25) is 0 Å². The van der Waals surface area contributed by atoms with E-state index < -0.39 is 0 Å². The lowest BCUT2D eigenvalue weighted by Gasteiger charge is -2.45. The highest BCUT2D eigenvalue weighted by Gasteiger charge is 2.38. The quantitative estimate of drug-likeness (QED) is 0.538. The Morgan fingerprint density at radius 3 is 1.93 bits per heavy atom. The van der Waals surface area contributed by atoms with Gasteiger partial charge in [0.15, 0.2) is 0 Å². The third-order valence-corrected chi connectivity index (χ3v) is 3.50. The molecule has 14 heavy (non-hydrogen) atoms. The molecule has 0 bridgehead atoms. The molecule has 2 atom stereocenters. The molecule has 0 nitrogen and oxygen atoms in total. The Morgan fingerprint density at radius 1 is 1.07 bits per heavy atom. The molecule has 1 rings (SSSR count). The van der Waals surface area contributed by atoms with Crippen LogP contribution in [-0.4, -0.2) is 0 Å². The van der Waals surface area contributed by atoms with Gasteiger partial charge in [-0.25, -0.2) is 0 Å². The van der Waals surface area contributed by atoms with Gasteiger partial charge in [0.1, 0.15) is 0 Å². The van der Waals surface area contributed by atoms with Crippen molar-refractivity contribution in [3.8, 4) is 0 Å². The summed E-state index contributed by atoms with van der Waals surface area (Å²) in [6.45, 7) is 16.1. The molecule has 1 saturated carbocycles. The second-order valence-corrected chi connectivity index (χ2v) is 6.02. The van der Waals surface area contributed by atoms with Gasteiger partial charge in [0, 0.05) is 0 Å². The maximum Gasteiger partial charge on any atom is -0.0321 e. The molecule has 1 aliphatic carbocycles. The van der Waals surface area contributed by atoms with E-state index in [1.165, 1.54) is 25.7 Å². The first-order valence-electron chi connectivity index (χ1n) is 6.37. The molecule has 0 aromatic rings. The van der Waals surface area contributed by atoms with Crippen LogP contribution in [0.3, 0.4) is 0 Å². The Morgan fingerprint density at radius 2 is 1.57 bits per heavy atom. The highest BCUT2D eigenvalue weighted by molar-refractivity contribution is 4.89. The summed E-state index contributed by atoms with van der Waals surface area (Å²) in [4.78, 5) is 0. The molecule has 0 heterocycles. The molecule has 0 aliphatic heterocycles. The molecule has 0 aromatic heterocycles. The first kappa shape index (κ1) is 14.0. The van der Waals surface area contributed by atoms with Crippen LogP contribution in [-0.2, 0) is 0 Å². The van der Waals surface area contributed by atoms with Crippen molar-refractivity contribution in [2.45, 2.75) is 74.1 Å². The largest absolute Gasteiger partial charge is 0.0683 e. The fraction of sp³-hybridized carbons (Fsp3) is 1.00. The van der Waals surface area contributed by atoms with E-state index in [9.17, 15) is 0 Å². The van der Waals surface area contributed by atoms with E-state index in [2.05, 4.69) is 34.6 Å². The van der Waals surface area contributed by atoms with Crippen LogP contribution in [0.15, 0.2) is 0 Å². The van der Waals surface area contributed by atoms with Gasteiger partial charge in [-0.05, 0) is 36.0 Å². The Kier molecular flexibility index (Phi) is 5.19. The summed E-state index contributed by atoms with van der Waals surface area (Å²) in [5, 5.41) is 0. The highest BCUT2D eigenvalue weighted by atomic mass is 14.4. The summed E-state index contributed by atoms with van der Waals surface area (Å²) in [7, 11) is 0. The Hall–Kier alpha value is 0. The zero-order valence-corrected chi connectivity index (χ0v) is 11.4. The van der Waals surface area contributed by atoms with Crippen molar-refractivity contribution in [3.05, 3.63) is 0 Å². The van der Waals surface area contributed by atoms with Crippen LogP contribution in [0.1, 0.15) is 74.1 Å². The van der Waals surface area contributed by atoms with E-state index in [-0.39, 0.29) is 0 Å². The molecule has 0 amide bonds. The number of rotatable bonds is 1. The predicted octanol–water partition coefficient (Wildman–Crippen LogP) is 5.28. The van der Waals surface area contributed by atoms with Crippen molar-refractivity contribution in [2.24, 2.45) is 16.7 Å². The first-order valence-corrected chi connectivity index (χ1v) is 6.37. The van der Waals surface area contributed by atoms with Crippen LogP contribution in [0.2, 0.25) is 0 Å². The SMILES string of the molecule is CC.CCC1(C)CC(C)CC(C)(C)C1. The van der Waals surface area contributed by atoms with E-state index in [1.54, 1.807) is 0 Å². The second kappa shape index (κ2) is 5.19. The minimum absolute atomic E-state index is 0.586. The maximum atomic E-state index is 2.46. The molecule has 0 spiro atoms. The van der Waals surface area contributed by atoms with Gasteiger partial charge in [0.25, 0.3) is 0 Å². The van der Waals surface area contributed by atoms with Crippen molar-refractivity contribution in [1.29, 1.82) is 0 Å². The first-order chi connectivity index (χ1) is 6.37. The van der Waals surface area contributed by atoms with Crippen molar-refractivity contribution >= 4 is 0 Å². The van der Waals surface area contributed by atoms with Gasteiger partial charge in [-0.2, -0.15) is 0 Å². The molecule has 1 aliphatic rings. The summed E-state index contributed by atoms with van der Waals surface area (Å²) in [5.41, 5.74) is 1.21. The lowest BCUT2D eigenvalue weighted by molar-refractivity contribution is 0.0582. The molecule has 0 N–H and O–H groups in total. The molecular formula is C14H30. The smallest absolute Gasteiger partial charge is 0.0321 e. The topological polar surface area (TPSA) is 0 Å². The fourth-order valence-electron chi connectivity index (χ4n) is 3.43. The van der Waals surface area contributed by atoms with E-state index in [0.717, 1.165) is 5.92 Å². The average molecular weight is 198 g/mol. The molecule has 1 fully saturated rings. The van der Waals surface area contributed by atoms with Crippen molar-refractivity contribution in [2.75, 3.05) is 0 Å². The van der Waals surface area contributed by atoms with Crippen LogP contribution >= 0.6 is 0 Å². The van der Waals surface area contributed by atoms with Crippen LogP contribution < -0.4 is 0 Å². The number of hydrogen-bond donors (Lipinski definition) is 0. The monoisotopic (exact) mass is 198 g/mol. The Labute approximate surface area is 91.5 Å². The van der Waals surface area contributed by atoms with Crippen molar-refractivity contribution < 1.29 is 0 Å². The highest BCUT2D eigenvalue weighted by Crippen LogP contribution is 2.49. The molecular weight excluding hydrogens is 168 g/mol. The predicted molar refractivity (Wildman–Crippen MR) is 66.5 cm³/mol. The summed E-state index contributed by atoms with van der Waals surface area (Å²) in [5.74, 6) is 0.929. The van der Waals surface area contributed by atoms with E-state index >= 15 is 0 Å². The molecule has 0 heteroatoms. The Bertz CT molecular complexity index is 157. The third kappa shape index (κ3) is 4.02. The standard InChI is InChI=1S/C12H24.C2H6/c1-6-12(5)8-10(2)7-11(3,4)9-12;1-2/h10H,6-9H2,1-5H3;1-2H3. The minimum atomic E-state index is 0.586. The molecule has 0 aromatic carbocycles. The van der Waals surface area contributed by atoms with Gasteiger partial charge < -0.3 is 0 Å². The summed E-state index contributed by atoms with van der Waals surface area (Å²) in [6.07, 6.45) is 5.62. The van der Waals surface area contributed by atoms with Crippen LogP contribution in [0.4, 0.5) is 0 Å². The fourth-order valence-corrected chi connectivity index (χ4v) is 3.43. The molecule has 86 valence electrons. The van der Waals surface area contributed by atoms with Gasteiger partial charge in [-0.1, -0.05) is 54.9 Å². The second-order valence-electron chi connectivity index (χ2n) is 6.02. The Balaban J connectivity index is 0.000000791.